The fourth-order valence-corrected chi connectivity index (χ4v) is 2.06. The average molecular weight is 233 g/mol. The van der Waals surface area contributed by atoms with Gasteiger partial charge in [-0.05, 0) is 29.1 Å². The lowest BCUT2D eigenvalue weighted by Gasteiger charge is -2.05. The van der Waals surface area contributed by atoms with Crippen molar-refractivity contribution in [3.05, 3.63) is 46.4 Å². The number of anilines is 1. The number of pyridine rings is 1. The van der Waals surface area contributed by atoms with E-state index in [0.717, 1.165) is 11.3 Å². The Labute approximate surface area is 97.1 Å². The van der Waals surface area contributed by atoms with Crippen molar-refractivity contribution in [3.63, 3.8) is 0 Å². The molecule has 0 aliphatic carbocycles. The predicted octanol–water partition coefficient (Wildman–Crippen LogP) is 1.85. The van der Waals surface area contributed by atoms with Crippen molar-refractivity contribution in [3.8, 4) is 0 Å². The van der Waals surface area contributed by atoms with Gasteiger partial charge in [-0.2, -0.15) is 0 Å². The molecular formula is C11H11N3OS. The van der Waals surface area contributed by atoms with E-state index in [0.29, 0.717) is 11.4 Å². The maximum absolute atomic E-state index is 11.1. The number of carbonyl (C=O) groups is 1. The summed E-state index contributed by atoms with van der Waals surface area (Å²) in [6.45, 7) is 0.652. The van der Waals surface area contributed by atoms with Gasteiger partial charge in [0.15, 0.2) is 0 Å². The lowest BCUT2D eigenvalue weighted by Crippen LogP contribution is -2.11. The van der Waals surface area contributed by atoms with Gasteiger partial charge in [0.25, 0.3) is 5.91 Å². The second-order valence-electron chi connectivity index (χ2n) is 3.24. The monoisotopic (exact) mass is 233 g/mol. The molecule has 82 valence electrons. The maximum atomic E-state index is 11.1. The molecule has 16 heavy (non-hydrogen) atoms. The number of amides is 1. The second-order valence-corrected chi connectivity index (χ2v) is 4.15. The van der Waals surface area contributed by atoms with Gasteiger partial charge in [-0.3, -0.25) is 9.78 Å². The third kappa shape index (κ3) is 2.38. The molecule has 0 spiro atoms. The van der Waals surface area contributed by atoms with Crippen LogP contribution in [0.2, 0.25) is 0 Å². The Morgan fingerprint density at radius 2 is 2.12 bits per heavy atom. The van der Waals surface area contributed by atoms with Crippen LogP contribution in [0.25, 0.3) is 0 Å². The topological polar surface area (TPSA) is 68.0 Å². The van der Waals surface area contributed by atoms with Crippen LogP contribution < -0.4 is 11.1 Å². The molecule has 0 unspecified atom stereocenters. The van der Waals surface area contributed by atoms with E-state index < -0.39 is 5.91 Å². The van der Waals surface area contributed by atoms with Gasteiger partial charge in [-0.15, -0.1) is 11.3 Å². The summed E-state index contributed by atoms with van der Waals surface area (Å²) >= 11 is 1.34. The fraction of sp³-hybridized carbons (Fsp3) is 0.0909. The summed E-state index contributed by atoms with van der Waals surface area (Å²) in [6.07, 6.45) is 3.47. The molecule has 3 N–H and O–H groups in total. The number of thiophene rings is 1. The van der Waals surface area contributed by atoms with E-state index in [-0.39, 0.29) is 0 Å². The Bertz CT molecular complexity index is 481. The summed E-state index contributed by atoms with van der Waals surface area (Å²) in [7, 11) is 0. The van der Waals surface area contributed by atoms with E-state index in [1.54, 1.807) is 12.4 Å². The minimum atomic E-state index is -0.396. The zero-order chi connectivity index (χ0) is 11.4. The predicted molar refractivity (Wildman–Crippen MR) is 64.4 cm³/mol. The molecule has 0 atom stereocenters. The quantitative estimate of drug-likeness (QED) is 0.846. The highest BCUT2D eigenvalue weighted by atomic mass is 32.1. The van der Waals surface area contributed by atoms with Gasteiger partial charge in [0.2, 0.25) is 0 Å². The molecule has 5 heteroatoms. The van der Waals surface area contributed by atoms with Crippen molar-refractivity contribution in [1.29, 1.82) is 0 Å². The summed E-state index contributed by atoms with van der Waals surface area (Å²) in [4.78, 5) is 15.6. The van der Waals surface area contributed by atoms with E-state index in [9.17, 15) is 4.79 Å². The Balaban J connectivity index is 2.05. The smallest absolute Gasteiger partial charge is 0.260 e. The third-order valence-corrected chi connectivity index (χ3v) is 3.05. The van der Waals surface area contributed by atoms with Gasteiger partial charge >= 0.3 is 0 Å². The zero-order valence-corrected chi connectivity index (χ0v) is 9.33. The SMILES string of the molecule is NC(=O)c1sccc1NCc1ccncc1. The summed E-state index contributed by atoms with van der Waals surface area (Å²) in [6, 6.07) is 5.69. The largest absolute Gasteiger partial charge is 0.380 e. The minimum absolute atomic E-state index is 0.396. The van der Waals surface area contributed by atoms with Gasteiger partial charge in [-0.25, -0.2) is 0 Å². The molecule has 0 bridgehead atoms. The first-order valence-electron chi connectivity index (χ1n) is 4.77. The number of nitrogens with two attached hydrogens (primary N) is 1. The molecular weight excluding hydrogens is 222 g/mol. The van der Waals surface area contributed by atoms with Crippen molar-refractivity contribution < 1.29 is 4.79 Å². The number of hydrogen-bond donors (Lipinski definition) is 2. The molecule has 0 fully saturated rings. The Morgan fingerprint density at radius 1 is 1.38 bits per heavy atom. The van der Waals surface area contributed by atoms with E-state index in [1.807, 2.05) is 23.6 Å². The van der Waals surface area contributed by atoms with Crippen LogP contribution in [0, 0.1) is 0 Å². The van der Waals surface area contributed by atoms with Gasteiger partial charge in [0.05, 0.1) is 5.69 Å². The van der Waals surface area contributed by atoms with Crippen LogP contribution in [0.15, 0.2) is 36.0 Å². The maximum Gasteiger partial charge on any atom is 0.260 e. The molecule has 0 aliphatic rings. The third-order valence-electron chi connectivity index (χ3n) is 2.12. The molecule has 0 radical (unpaired) electrons. The Morgan fingerprint density at radius 3 is 2.81 bits per heavy atom. The fourth-order valence-electron chi connectivity index (χ4n) is 1.34. The van der Waals surface area contributed by atoms with E-state index in [4.69, 9.17) is 5.73 Å². The Kier molecular flexibility index (Phi) is 3.16. The molecule has 0 aromatic carbocycles. The molecule has 0 aliphatic heterocycles. The van der Waals surface area contributed by atoms with Crippen molar-refractivity contribution in [2.24, 2.45) is 5.73 Å². The van der Waals surface area contributed by atoms with Crippen LogP contribution in [-0.2, 0) is 6.54 Å². The van der Waals surface area contributed by atoms with Gasteiger partial charge in [0.1, 0.15) is 4.88 Å². The van der Waals surface area contributed by atoms with Crippen molar-refractivity contribution in [2.75, 3.05) is 5.32 Å². The van der Waals surface area contributed by atoms with E-state index in [1.165, 1.54) is 11.3 Å². The minimum Gasteiger partial charge on any atom is -0.380 e. The number of nitrogens with zero attached hydrogens (tertiary/aromatic N) is 1. The normalized spacial score (nSPS) is 10.0. The molecule has 0 saturated carbocycles. The lowest BCUT2D eigenvalue weighted by atomic mass is 10.2. The first-order chi connectivity index (χ1) is 7.77. The number of primary amides is 1. The number of nitrogens with one attached hydrogen (secondary N) is 1. The standard InChI is InChI=1S/C11H11N3OS/c12-11(15)10-9(3-6-16-10)14-7-8-1-4-13-5-2-8/h1-6,14H,7H2,(H2,12,15). The molecule has 2 heterocycles. The van der Waals surface area contributed by atoms with E-state index in [2.05, 4.69) is 10.3 Å². The van der Waals surface area contributed by atoms with Gasteiger partial charge in [-0.1, -0.05) is 0 Å². The highest BCUT2D eigenvalue weighted by Crippen LogP contribution is 2.21. The molecule has 4 nitrogen and oxygen atoms in total. The van der Waals surface area contributed by atoms with Crippen molar-refractivity contribution in [2.45, 2.75) is 6.54 Å². The van der Waals surface area contributed by atoms with Gasteiger partial charge < -0.3 is 11.1 Å². The summed E-state index contributed by atoms with van der Waals surface area (Å²) in [5.74, 6) is -0.396. The van der Waals surface area contributed by atoms with E-state index >= 15 is 0 Å². The van der Waals surface area contributed by atoms with Crippen molar-refractivity contribution in [1.82, 2.24) is 4.98 Å². The van der Waals surface area contributed by atoms with Crippen molar-refractivity contribution >= 4 is 22.9 Å². The van der Waals surface area contributed by atoms with Crippen LogP contribution >= 0.6 is 11.3 Å². The summed E-state index contributed by atoms with van der Waals surface area (Å²) in [5.41, 5.74) is 7.14. The van der Waals surface area contributed by atoms with Crippen LogP contribution in [0.1, 0.15) is 15.2 Å². The van der Waals surface area contributed by atoms with Crippen LogP contribution in [-0.4, -0.2) is 10.9 Å². The number of rotatable bonds is 4. The highest BCUT2D eigenvalue weighted by Gasteiger charge is 2.08. The van der Waals surface area contributed by atoms with Crippen LogP contribution in [0.4, 0.5) is 5.69 Å². The van der Waals surface area contributed by atoms with Gasteiger partial charge in [0, 0.05) is 18.9 Å². The number of carbonyl (C=O) groups excluding carboxylic acids is 1. The Hall–Kier alpha value is -1.88. The molecule has 1 amide bonds. The molecule has 0 saturated heterocycles. The van der Waals surface area contributed by atoms with Crippen LogP contribution in [0.3, 0.4) is 0 Å². The first kappa shape index (κ1) is 10.6. The lowest BCUT2D eigenvalue weighted by molar-refractivity contribution is 0.100. The summed E-state index contributed by atoms with van der Waals surface area (Å²) < 4.78 is 0. The zero-order valence-electron chi connectivity index (χ0n) is 8.51. The first-order valence-corrected chi connectivity index (χ1v) is 5.65. The number of hydrogen-bond acceptors (Lipinski definition) is 4. The molecule has 2 aromatic heterocycles. The highest BCUT2D eigenvalue weighted by molar-refractivity contribution is 7.12. The average Bonchev–Trinajstić information content (AvgIpc) is 2.76. The summed E-state index contributed by atoms with van der Waals surface area (Å²) in [5, 5.41) is 5.01. The number of aromatic nitrogens is 1. The second kappa shape index (κ2) is 4.76. The molecule has 2 rings (SSSR count). The van der Waals surface area contributed by atoms with Crippen LogP contribution in [0.5, 0.6) is 0 Å². The molecule has 2 aromatic rings.